The molecular formula is C27H31NO2. The lowest BCUT2D eigenvalue weighted by Crippen LogP contribution is -2.06. The average Bonchev–Trinajstić information content (AvgIpc) is 2.74. The third-order valence-electron chi connectivity index (χ3n) is 4.99. The maximum absolute atomic E-state index is 6.24. The molecule has 0 atom stereocenters. The second-order valence-electron chi connectivity index (χ2n) is 7.45. The van der Waals surface area contributed by atoms with Gasteiger partial charge in [0.2, 0.25) is 0 Å². The molecule has 0 aromatic heterocycles. The van der Waals surface area contributed by atoms with Gasteiger partial charge in [0.1, 0.15) is 6.61 Å². The van der Waals surface area contributed by atoms with E-state index in [9.17, 15) is 0 Å². The first-order valence-electron chi connectivity index (χ1n) is 10.5. The van der Waals surface area contributed by atoms with Crippen LogP contribution < -0.4 is 14.8 Å². The summed E-state index contributed by atoms with van der Waals surface area (Å²) in [5.41, 5.74) is 6.99. The Labute approximate surface area is 180 Å². The van der Waals surface area contributed by atoms with E-state index in [1.54, 1.807) is 0 Å². The van der Waals surface area contributed by atoms with Crippen LogP contribution in [-0.2, 0) is 19.6 Å². The molecule has 3 rings (SSSR count). The molecule has 0 saturated carbocycles. The Balaban J connectivity index is 1.84. The number of rotatable bonds is 10. The molecule has 3 heteroatoms. The van der Waals surface area contributed by atoms with E-state index in [0.717, 1.165) is 40.3 Å². The van der Waals surface area contributed by atoms with Gasteiger partial charge in [0.15, 0.2) is 11.5 Å². The lowest BCUT2D eigenvalue weighted by Gasteiger charge is -2.18. The predicted molar refractivity (Wildman–Crippen MR) is 126 cm³/mol. The van der Waals surface area contributed by atoms with Crippen LogP contribution in [0.3, 0.4) is 0 Å². The number of benzene rings is 3. The fourth-order valence-corrected chi connectivity index (χ4v) is 3.37. The molecule has 3 aromatic carbocycles. The SMILES string of the molecule is C=CCc1cc(CNc2ccccc2C)cc(OCC)c1OCc1ccc(C)cc1. The molecule has 3 aromatic rings. The number of nitrogens with one attached hydrogen (secondary N) is 1. The summed E-state index contributed by atoms with van der Waals surface area (Å²) in [6, 6.07) is 21.0. The van der Waals surface area contributed by atoms with E-state index in [-0.39, 0.29) is 0 Å². The molecule has 0 unspecified atom stereocenters. The van der Waals surface area contributed by atoms with Gasteiger partial charge in [-0.05, 0) is 62.1 Å². The molecular weight excluding hydrogens is 370 g/mol. The first kappa shape index (κ1) is 21.5. The van der Waals surface area contributed by atoms with Gasteiger partial charge in [-0.15, -0.1) is 6.58 Å². The van der Waals surface area contributed by atoms with Crippen LogP contribution in [0.15, 0.2) is 73.3 Å². The van der Waals surface area contributed by atoms with Crippen LogP contribution in [0.1, 0.15) is 34.7 Å². The Morgan fingerprint density at radius 1 is 0.933 bits per heavy atom. The molecule has 0 saturated heterocycles. The predicted octanol–water partition coefficient (Wildman–Crippen LogP) is 6.62. The number of ether oxygens (including phenoxy) is 2. The van der Waals surface area contributed by atoms with Crippen LogP contribution in [0, 0.1) is 13.8 Å². The van der Waals surface area contributed by atoms with Gasteiger partial charge in [0, 0.05) is 17.8 Å². The summed E-state index contributed by atoms with van der Waals surface area (Å²) in [4.78, 5) is 0. The van der Waals surface area contributed by atoms with Crippen molar-refractivity contribution in [3.05, 3.63) is 101 Å². The lowest BCUT2D eigenvalue weighted by molar-refractivity contribution is 0.267. The molecule has 0 aliphatic rings. The lowest BCUT2D eigenvalue weighted by atomic mass is 10.0. The van der Waals surface area contributed by atoms with Crippen molar-refractivity contribution >= 4 is 5.69 Å². The molecule has 3 nitrogen and oxygen atoms in total. The first-order valence-corrected chi connectivity index (χ1v) is 10.5. The first-order chi connectivity index (χ1) is 14.6. The molecule has 0 radical (unpaired) electrons. The molecule has 0 spiro atoms. The van der Waals surface area contributed by atoms with Gasteiger partial charge in [-0.2, -0.15) is 0 Å². The molecule has 0 aliphatic carbocycles. The van der Waals surface area contributed by atoms with Gasteiger partial charge in [-0.25, -0.2) is 0 Å². The maximum Gasteiger partial charge on any atom is 0.165 e. The van der Waals surface area contributed by atoms with Crippen molar-refractivity contribution in [2.24, 2.45) is 0 Å². The van der Waals surface area contributed by atoms with Crippen LogP contribution in [0.4, 0.5) is 5.69 Å². The molecule has 0 heterocycles. The van der Waals surface area contributed by atoms with Crippen LogP contribution in [-0.4, -0.2) is 6.61 Å². The summed E-state index contributed by atoms with van der Waals surface area (Å²) in [5.74, 6) is 1.59. The highest BCUT2D eigenvalue weighted by Crippen LogP contribution is 2.35. The van der Waals surface area contributed by atoms with Crippen LogP contribution in [0.2, 0.25) is 0 Å². The van der Waals surface area contributed by atoms with Crippen molar-refractivity contribution in [3.8, 4) is 11.5 Å². The second kappa shape index (κ2) is 10.5. The minimum absolute atomic E-state index is 0.505. The Kier molecular flexibility index (Phi) is 7.56. The number of para-hydroxylation sites is 1. The summed E-state index contributed by atoms with van der Waals surface area (Å²) in [7, 11) is 0. The minimum atomic E-state index is 0.505. The van der Waals surface area contributed by atoms with Crippen LogP contribution in [0.5, 0.6) is 11.5 Å². The van der Waals surface area contributed by atoms with Crippen molar-refractivity contribution in [1.82, 2.24) is 0 Å². The Hall–Kier alpha value is -3.20. The Morgan fingerprint density at radius 2 is 1.70 bits per heavy atom. The Morgan fingerprint density at radius 3 is 2.40 bits per heavy atom. The third-order valence-corrected chi connectivity index (χ3v) is 4.99. The van der Waals surface area contributed by atoms with E-state index in [0.29, 0.717) is 19.8 Å². The van der Waals surface area contributed by atoms with Crippen LogP contribution in [0.25, 0.3) is 0 Å². The average molecular weight is 402 g/mol. The minimum Gasteiger partial charge on any atom is -0.490 e. The van der Waals surface area contributed by atoms with E-state index in [1.807, 2.05) is 19.1 Å². The highest BCUT2D eigenvalue weighted by atomic mass is 16.5. The molecule has 0 fully saturated rings. The standard InChI is InChI=1S/C27H31NO2/c1-5-9-24-16-23(18-28-25-11-8-7-10-21(25)4)17-26(29-6-2)27(24)30-19-22-14-12-20(3)13-15-22/h5,7-8,10-17,28H,1,6,9,18-19H2,2-4H3. The maximum atomic E-state index is 6.24. The number of aryl methyl sites for hydroxylation is 2. The molecule has 156 valence electrons. The normalized spacial score (nSPS) is 10.5. The van der Waals surface area contributed by atoms with Crippen LogP contribution >= 0.6 is 0 Å². The van der Waals surface area contributed by atoms with Gasteiger partial charge in [-0.3, -0.25) is 0 Å². The van der Waals surface area contributed by atoms with Gasteiger partial charge < -0.3 is 14.8 Å². The number of allylic oxidation sites excluding steroid dienone is 1. The van der Waals surface area contributed by atoms with Crippen molar-refractivity contribution in [1.29, 1.82) is 0 Å². The zero-order valence-corrected chi connectivity index (χ0v) is 18.2. The summed E-state index contributed by atoms with van der Waals surface area (Å²) >= 11 is 0. The largest absolute Gasteiger partial charge is 0.490 e. The zero-order valence-electron chi connectivity index (χ0n) is 18.2. The number of hydrogen-bond donors (Lipinski definition) is 1. The summed E-state index contributed by atoms with van der Waals surface area (Å²) in [6.07, 6.45) is 2.63. The van der Waals surface area contributed by atoms with Crippen molar-refractivity contribution in [2.75, 3.05) is 11.9 Å². The van der Waals surface area contributed by atoms with Crippen molar-refractivity contribution in [3.63, 3.8) is 0 Å². The van der Waals surface area contributed by atoms with E-state index in [1.165, 1.54) is 11.1 Å². The zero-order chi connectivity index (χ0) is 21.3. The van der Waals surface area contributed by atoms with E-state index in [4.69, 9.17) is 9.47 Å². The van der Waals surface area contributed by atoms with Gasteiger partial charge >= 0.3 is 0 Å². The van der Waals surface area contributed by atoms with Gasteiger partial charge in [0.05, 0.1) is 6.61 Å². The highest BCUT2D eigenvalue weighted by molar-refractivity contribution is 5.53. The van der Waals surface area contributed by atoms with E-state index >= 15 is 0 Å². The van der Waals surface area contributed by atoms with Gasteiger partial charge in [0.25, 0.3) is 0 Å². The van der Waals surface area contributed by atoms with E-state index < -0.39 is 0 Å². The monoisotopic (exact) mass is 401 g/mol. The van der Waals surface area contributed by atoms with Crippen molar-refractivity contribution in [2.45, 2.75) is 40.3 Å². The molecule has 30 heavy (non-hydrogen) atoms. The fraction of sp³-hybridized carbons (Fsp3) is 0.259. The second-order valence-corrected chi connectivity index (χ2v) is 7.45. The van der Waals surface area contributed by atoms with Crippen molar-refractivity contribution < 1.29 is 9.47 Å². The highest BCUT2D eigenvalue weighted by Gasteiger charge is 2.14. The third kappa shape index (κ3) is 5.66. The summed E-state index contributed by atoms with van der Waals surface area (Å²) < 4.78 is 12.2. The topological polar surface area (TPSA) is 30.5 Å². The summed E-state index contributed by atoms with van der Waals surface area (Å²) in [5, 5.41) is 3.53. The van der Waals surface area contributed by atoms with E-state index in [2.05, 4.69) is 80.3 Å². The molecule has 0 amide bonds. The smallest absolute Gasteiger partial charge is 0.165 e. The molecule has 0 aliphatic heterocycles. The molecule has 1 N–H and O–H groups in total. The number of hydrogen-bond acceptors (Lipinski definition) is 3. The number of anilines is 1. The molecule has 0 bridgehead atoms. The quantitative estimate of drug-likeness (QED) is 0.387. The Bertz CT molecular complexity index is 977. The van der Waals surface area contributed by atoms with Gasteiger partial charge in [-0.1, -0.05) is 54.1 Å². The summed E-state index contributed by atoms with van der Waals surface area (Å²) in [6.45, 7) is 11.9. The fourth-order valence-electron chi connectivity index (χ4n) is 3.37.